The van der Waals surface area contributed by atoms with E-state index < -0.39 is 5.82 Å². The summed E-state index contributed by atoms with van der Waals surface area (Å²) in [5, 5.41) is 4.81. The quantitative estimate of drug-likeness (QED) is 0.404. The highest BCUT2D eigenvalue weighted by Crippen LogP contribution is 2.35. The molecule has 0 unspecified atom stereocenters. The molecule has 27 heavy (non-hydrogen) atoms. The van der Waals surface area contributed by atoms with Crippen LogP contribution in [-0.2, 0) is 11.8 Å². The molecule has 0 aliphatic heterocycles. The standard InChI is InChI=1S/C20H19Cl2FN2S.BrH/c1-20(2,3)18-17(10-12-4-6-13(21)7-5-12)26-19(25-18)24-14-8-9-16(23)15(22)11-14;/h4-9,11H,10H2,1-3H3,(H,24,25);1H. The van der Waals surface area contributed by atoms with Gasteiger partial charge in [0.2, 0.25) is 0 Å². The molecule has 0 fully saturated rings. The van der Waals surface area contributed by atoms with Crippen molar-refractivity contribution in [1.29, 1.82) is 0 Å². The number of rotatable bonds is 4. The molecular formula is C20H20BrCl2FN2S. The van der Waals surface area contributed by atoms with Gasteiger partial charge in [-0.2, -0.15) is 0 Å². The first-order valence-electron chi connectivity index (χ1n) is 8.19. The summed E-state index contributed by atoms with van der Waals surface area (Å²) in [5.41, 5.74) is 2.86. The molecule has 1 N–H and O–H groups in total. The summed E-state index contributed by atoms with van der Waals surface area (Å²) < 4.78 is 13.4. The van der Waals surface area contributed by atoms with Crippen molar-refractivity contribution in [2.24, 2.45) is 0 Å². The third-order valence-corrected chi connectivity index (χ3v) is 5.37. The molecule has 0 radical (unpaired) electrons. The molecule has 0 saturated carbocycles. The van der Waals surface area contributed by atoms with Crippen LogP contribution in [0.25, 0.3) is 0 Å². The highest BCUT2D eigenvalue weighted by Gasteiger charge is 2.23. The Kier molecular flexibility index (Phi) is 7.31. The number of benzene rings is 2. The molecule has 1 aromatic heterocycles. The van der Waals surface area contributed by atoms with Gasteiger partial charge in [0.15, 0.2) is 5.13 Å². The molecule has 2 nitrogen and oxygen atoms in total. The van der Waals surface area contributed by atoms with Gasteiger partial charge in [-0.1, -0.05) is 56.1 Å². The van der Waals surface area contributed by atoms with Gasteiger partial charge in [-0.3, -0.25) is 0 Å². The first-order chi connectivity index (χ1) is 12.2. The van der Waals surface area contributed by atoms with Crippen molar-refractivity contribution in [3.8, 4) is 0 Å². The Hall–Kier alpha value is -1.14. The van der Waals surface area contributed by atoms with Crippen molar-refractivity contribution in [2.45, 2.75) is 32.6 Å². The Morgan fingerprint density at radius 1 is 1.07 bits per heavy atom. The van der Waals surface area contributed by atoms with Gasteiger partial charge >= 0.3 is 0 Å². The van der Waals surface area contributed by atoms with E-state index in [9.17, 15) is 4.39 Å². The lowest BCUT2D eigenvalue weighted by Crippen LogP contribution is -2.14. The number of nitrogens with zero attached hydrogens (tertiary/aromatic N) is 1. The zero-order valence-corrected chi connectivity index (χ0v) is 19.2. The van der Waals surface area contributed by atoms with E-state index in [1.54, 1.807) is 23.5 Å². The molecule has 1 heterocycles. The Bertz CT molecular complexity index is 921. The van der Waals surface area contributed by atoms with Crippen LogP contribution in [0.2, 0.25) is 10.0 Å². The average molecular weight is 490 g/mol. The molecule has 7 heteroatoms. The molecule has 0 spiro atoms. The number of anilines is 2. The van der Waals surface area contributed by atoms with Gasteiger partial charge in [-0.25, -0.2) is 9.37 Å². The summed E-state index contributed by atoms with van der Waals surface area (Å²) in [6.07, 6.45) is 0.785. The minimum absolute atomic E-state index is 0. The third-order valence-electron chi connectivity index (χ3n) is 3.86. The zero-order chi connectivity index (χ0) is 18.9. The smallest absolute Gasteiger partial charge is 0.187 e. The largest absolute Gasteiger partial charge is 0.331 e. The summed E-state index contributed by atoms with van der Waals surface area (Å²) >= 11 is 13.4. The van der Waals surface area contributed by atoms with Crippen molar-refractivity contribution >= 4 is 62.3 Å². The van der Waals surface area contributed by atoms with Crippen LogP contribution in [0.4, 0.5) is 15.2 Å². The molecule has 144 valence electrons. The van der Waals surface area contributed by atoms with Gasteiger partial charge in [0, 0.05) is 27.4 Å². The van der Waals surface area contributed by atoms with Crippen LogP contribution >= 0.6 is 51.5 Å². The van der Waals surface area contributed by atoms with E-state index in [0.29, 0.717) is 5.69 Å². The second-order valence-corrected chi connectivity index (χ2v) is 9.03. The van der Waals surface area contributed by atoms with E-state index in [0.717, 1.165) is 22.3 Å². The number of nitrogens with one attached hydrogen (secondary N) is 1. The average Bonchev–Trinajstić information content (AvgIpc) is 2.96. The number of hydrogen-bond donors (Lipinski definition) is 1. The lowest BCUT2D eigenvalue weighted by Gasteiger charge is -2.17. The van der Waals surface area contributed by atoms with Crippen LogP contribution < -0.4 is 5.32 Å². The van der Waals surface area contributed by atoms with Crippen molar-refractivity contribution in [3.63, 3.8) is 0 Å². The Morgan fingerprint density at radius 3 is 2.33 bits per heavy atom. The normalized spacial score (nSPS) is 11.2. The lowest BCUT2D eigenvalue weighted by molar-refractivity contribution is 0.568. The van der Waals surface area contributed by atoms with Gasteiger partial charge in [0.1, 0.15) is 5.82 Å². The molecule has 0 saturated heterocycles. The fraction of sp³-hybridized carbons (Fsp3) is 0.250. The van der Waals surface area contributed by atoms with Gasteiger partial charge < -0.3 is 5.32 Å². The lowest BCUT2D eigenvalue weighted by atomic mass is 9.90. The van der Waals surface area contributed by atoms with Gasteiger partial charge in [-0.15, -0.1) is 28.3 Å². The number of aromatic nitrogens is 1. The molecule has 0 bridgehead atoms. The van der Waals surface area contributed by atoms with E-state index in [-0.39, 0.29) is 27.4 Å². The summed E-state index contributed by atoms with van der Waals surface area (Å²) in [5.74, 6) is -0.435. The molecule has 0 aliphatic carbocycles. The maximum absolute atomic E-state index is 13.4. The molecule has 3 rings (SSSR count). The predicted octanol–water partition coefficient (Wildman–Crippen LogP) is 7.80. The second kappa shape index (κ2) is 8.91. The Balaban J connectivity index is 0.00000261. The number of halogens is 4. The van der Waals surface area contributed by atoms with Crippen LogP contribution in [0.15, 0.2) is 42.5 Å². The zero-order valence-electron chi connectivity index (χ0n) is 15.1. The van der Waals surface area contributed by atoms with E-state index in [1.807, 2.05) is 24.3 Å². The van der Waals surface area contributed by atoms with Crippen molar-refractivity contribution in [1.82, 2.24) is 4.98 Å². The van der Waals surface area contributed by atoms with Gasteiger partial charge in [0.25, 0.3) is 0 Å². The summed E-state index contributed by atoms with van der Waals surface area (Å²) in [7, 11) is 0. The maximum atomic E-state index is 13.4. The molecule has 0 aliphatic rings. The van der Waals surface area contributed by atoms with Crippen LogP contribution in [-0.4, -0.2) is 4.98 Å². The van der Waals surface area contributed by atoms with E-state index >= 15 is 0 Å². The van der Waals surface area contributed by atoms with E-state index in [1.165, 1.54) is 16.5 Å². The van der Waals surface area contributed by atoms with E-state index in [4.69, 9.17) is 28.2 Å². The van der Waals surface area contributed by atoms with Gasteiger partial charge in [0.05, 0.1) is 10.7 Å². The van der Waals surface area contributed by atoms with Gasteiger partial charge in [-0.05, 0) is 35.9 Å². The third kappa shape index (κ3) is 5.67. The first kappa shape index (κ1) is 22.2. The monoisotopic (exact) mass is 488 g/mol. The van der Waals surface area contributed by atoms with Crippen molar-refractivity contribution in [2.75, 3.05) is 5.32 Å². The summed E-state index contributed by atoms with van der Waals surface area (Å²) in [4.78, 5) is 5.98. The fourth-order valence-corrected chi connectivity index (χ4v) is 4.13. The first-order valence-corrected chi connectivity index (χ1v) is 9.76. The highest BCUT2D eigenvalue weighted by molar-refractivity contribution is 8.93. The molecule has 0 amide bonds. The Labute approximate surface area is 183 Å². The highest BCUT2D eigenvalue weighted by atomic mass is 79.9. The van der Waals surface area contributed by atoms with Crippen LogP contribution in [0.3, 0.4) is 0 Å². The summed E-state index contributed by atoms with van der Waals surface area (Å²) in [6, 6.07) is 12.4. The van der Waals surface area contributed by atoms with Crippen LogP contribution in [0.1, 0.15) is 36.9 Å². The molecule has 0 atom stereocenters. The van der Waals surface area contributed by atoms with E-state index in [2.05, 4.69) is 26.1 Å². The summed E-state index contributed by atoms with van der Waals surface area (Å²) in [6.45, 7) is 6.43. The molecule has 2 aromatic carbocycles. The van der Waals surface area contributed by atoms with Crippen LogP contribution in [0.5, 0.6) is 0 Å². The number of hydrogen-bond acceptors (Lipinski definition) is 3. The second-order valence-electron chi connectivity index (χ2n) is 7.10. The fourth-order valence-electron chi connectivity index (χ4n) is 2.60. The topological polar surface area (TPSA) is 24.9 Å². The SMILES string of the molecule is Br.CC(C)(C)c1nc(Nc2ccc(F)c(Cl)c2)sc1Cc1ccc(Cl)cc1. The minimum Gasteiger partial charge on any atom is -0.331 e. The predicted molar refractivity (Wildman–Crippen MR) is 120 cm³/mol. The minimum atomic E-state index is -0.435. The molecule has 3 aromatic rings. The van der Waals surface area contributed by atoms with Crippen LogP contribution in [0, 0.1) is 5.82 Å². The molecular weight excluding hydrogens is 470 g/mol. The maximum Gasteiger partial charge on any atom is 0.187 e. The van der Waals surface area contributed by atoms with Crippen molar-refractivity contribution in [3.05, 3.63) is 74.5 Å². The van der Waals surface area contributed by atoms with Crippen molar-refractivity contribution < 1.29 is 4.39 Å². The number of thiazole rings is 1. The Morgan fingerprint density at radius 2 is 1.74 bits per heavy atom.